The molecule has 11 atom stereocenters. The first-order valence-corrected chi connectivity index (χ1v) is 17.7. The second-order valence-electron chi connectivity index (χ2n) is 12.5. The number of aliphatic hydroxyl groups is 6. The molecule has 0 aromatic carbocycles. The zero-order valence-corrected chi connectivity index (χ0v) is 30.7. The summed E-state index contributed by atoms with van der Waals surface area (Å²) in [7, 11) is 0. The molecule has 0 aromatic heterocycles. The molecular weight excluding hydrogens is 726 g/mol. The van der Waals surface area contributed by atoms with E-state index in [-0.39, 0.29) is 77.9 Å². The maximum absolute atomic E-state index is 12.8. The third-order valence-electron chi connectivity index (χ3n) is 8.27. The predicted octanol–water partition coefficient (Wildman–Crippen LogP) is -6.15. The summed E-state index contributed by atoms with van der Waals surface area (Å²) in [6.07, 6.45) is -10.3. The van der Waals surface area contributed by atoms with E-state index < -0.39 is 104 Å². The van der Waals surface area contributed by atoms with E-state index in [4.69, 9.17) is 28.4 Å². The molecule has 312 valence electrons. The Morgan fingerprint density at radius 2 is 1.11 bits per heavy atom. The fourth-order valence-corrected chi connectivity index (χ4v) is 5.44. The molecule has 11 N–H and O–H groups in total. The van der Waals surface area contributed by atoms with E-state index >= 15 is 0 Å². The van der Waals surface area contributed by atoms with Gasteiger partial charge >= 0.3 is 0 Å². The number of hydrogen-bond acceptors (Lipinski definition) is 17. The number of carbonyl (C=O) groups is 5. The van der Waals surface area contributed by atoms with Crippen LogP contribution in [0.5, 0.6) is 0 Å². The van der Waals surface area contributed by atoms with Crippen LogP contribution < -0.4 is 26.6 Å². The summed E-state index contributed by atoms with van der Waals surface area (Å²) in [5.74, 6) is -2.29. The molecule has 0 saturated carbocycles. The van der Waals surface area contributed by atoms with E-state index in [9.17, 15) is 54.6 Å². The summed E-state index contributed by atoms with van der Waals surface area (Å²) in [5.41, 5.74) is 0. The van der Waals surface area contributed by atoms with Crippen LogP contribution in [0, 0.1) is 0 Å². The van der Waals surface area contributed by atoms with Gasteiger partial charge in [-0.15, -0.1) is 0 Å². The normalized spacial score (nSPS) is 28.8. The van der Waals surface area contributed by atoms with Crippen LogP contribution >= 0.6 is 0 Å². The van der Waals surface area contributed by atoms with Gasteiger partial charge in [0.15, 0.2) is 12.6 Å². The number of nitrogens with one attached hydrogen (secondary N) is 5. The van der Waals surface area contributed by atoms with Crippen LogP contribution in [0.4, 0.5) is 0 Å². The van der Waals surface area contributed by atoms with Crippen molar-refractivity contribution in [2.45, 2.75) is 107 Å². The lowest BCUT2D eigenvalue weighted by Crippen LogP contribution is -2.64. The van der Waals surface area contributed by atoms with Crippen LogP contribution in [0.3, 0.4) is 0 Å². The number of hydrogen-bond donors (Lipinski definition) is 11. The molecule has 2 aliphatic rings. The molecule has 0 aromatic rings. The van der Waals surface area contributed by atoms with E-state index in [1.54, 1.807) is 6.92 Å². The summed E-state index contributed by atoms with van der Waals surface area (Å²) >= 11 is 0. The number of rotatable bonds is 24. The van der Waals surface area contributed by atoms with E-state index in [1.165, 1.54) is 13.8 Å². The molecule has 2 rings (SSSR count). The molecule has 2 aliphatic heterocycles. The van der Waals surface area contributed by atoms with Crippen molar-refractivity contribution < 1.29 is 83.0 Å². The highest BCUT2D eigenvalue weighted by Crippen LogP contribution is 2.23. The van der Waals surface area contributed by atoms with Gasteiger partial charge in [0, 0.05) is 39.8 Å². The first-order chi connectivity index (χ1) is 25.7. The van der Waals surface area contributed by atoms with Crippen LogP contribution in [0.2, 0.25) is 0 Å². The van der Waals surface area contributed by atoms with Crippen molar-refractivity contribution in [3.8, 4) is 0 Å². The highest BCUT2D eigenvalue weighted by Gasteiger charge is 2.46. The van der Waals surface area contributed by atoms with Gasteiger partial charge in [-0.2, -0.15) is 0 Å². The van der Waals surface area contributed by atoms with Crippen molar-refractivity contribution in [3.05, 3.63) is 0 Å². The minimum atomic E-state index is -1.45. The van der Waals surface area contributed by atoms with Crippen LogP contribution in [0.1, 0.15) is 40.0 Å². The highest BCUT2D eigenvalue weighted by atomic mass is 16.7. The van der Waals surface area contributed by atoms with Gasteiger partial charge in [-0.05, 0) is 6.42 Å². The Hall–Kier alpha value is -3.13. The summed E-state index contributed by atoms with van der Waals surface area (Å²) in [5, 5.41) is 72.4. The molecule has 0 spiro atoms. The van der Waals surface area contributed by atoms with Crippen molar-refractivity contribution in [1.82, 2.24) is 26.6 Å². The lowest BCUT2D eigenvalue weighted by atomic mass is 9.97. The average molecular weight is 784 g/mol. The quantitative estimate of drug-likeness (QED) is 0.0406. The minimum Gasteiger partial charge on any atom is -0.394 e. The second-order valence-corrected chi connectivity index (χ2v) is 12.5. The van der Waals surface area contributed by atoms with Crippen LogP contribution in [-0.2, 0) is 52.4 Å². The van der Waals surface area contributed by atoms with Gasteiger partial charge in [0.05, 0.1) is 52.9 Å². The van der Waals surface area contributed by atoms with Gasteiger partial charge in [0.1, 0.15) is 54.7 Å². The molecule has 0 bridgehead atoms. The van der Waals surface area contributed by atoms with E-state index in [1.807, 2.05) is 0 Å². The smallest absolute Gasteiger partial charge is 0.242 e. The molecule has 0 radical (unpaired) electrons. The van der Waals surface area contributed by atoms with Gasteiger partial charge < -0.3 is 85.6 Å². The largest absolute Gasteiger partial charge is 0.394 e. The Kier molecular flexibility index (Phi) is 21.9. The van der Waals surface area contributed by atoms with Crippen LogP contribution in [-0.4, -0.2) is 193 Å². The van der Waals surface area contributed by atoms with Crippen molar-refractivity contribution in [1.29, 1.82) is 0 Å². The molecule has 2 saturated heterocycles. The lowest BCUT2D eigenvalue weighted by Gasteiger charge is -2.42. The summed E-state index contributed by atoms with van der Waals surface area (Å²) in [4.78, 5) is 60.3. The minimum absolute atomic E-state index is 0.00523. The number of aliphatic hydroxyl groups excluding tert-OH is 6. The van der Waals surface area contributed by atoms with E-state index in [0.717, 1.165) is 0 Å². The summed E-state index contributed by atoms with van der Waals surface area (Å²) in [6.45, 7) is 3.17. The maximum atomic E-state index is 12.8. The first-order valence-electron chi connectivity index (χ1n) is 17.7. The van der Waals surface area contributed by atoms with Crippen molar-refractivity contribution in [2.24, 2.45) is 0 Å². The molecule has 22 heteroatoms. The summed E-state index contributed by atoms with van der Waals surface area (Å²) < 4.78 is 32.9. The fourth-order valence-electron chi connectivity index (χ4n) is 5.44. The van der Waals surface area contributed by atoms with Gasteiger partial charge in [-0.1, -0.05) is 6.92 Å². The zero-order chi connectivity index (χ0) is 40.2. The Morgan fingerprint density at radius 1 is 0.648 bits per heavy atom. The van der Waals surface area contributed by atoms with Crippen molar-refractivity contribution in [2.75, 3.05) is 65.9 Å². The molecule has 54 heavy (non-hydrogen) atoms. The van der Waals surface area contributed by atoms with E-state index in [2.05, 4.69) is 26.6 Å². The molecule has 2 fully saturated rings. The van der Waals surface area contributed by atoms with Gasteiger partial charge in [0.25, 0.3) is 0 Å². The van der Waals surface area contributed by atoms with Crippen LogP contribution in [0.25, 0.3) is 0 Å². The van der Waals surface area contributed by atoms with Crippen molar-refractivity contribution >= 4 is 29.5 Å². The van der Waals surface area contributed by atoms with Crippen LogP contribution in [0.15, 0.2) is 0 Å². The van der Waals surface area contributed by atoms with Gasteiger partial charge in [0.2, 0.25) is 29.5 Å². The molecule has 22 nitrogen and oxygen atoms in total. The topological polar surface area (TPSA) is 322 Å². The second kappa shape index (κ2) is 25.1. The number of ether oxygens (including phenoxy) is 6. The third kappa shape index (κ3) is 15.9. The van der Waals surface area contributed by atoms with Gasteiger partial charge in [-0.3, -0.25) is 24.0 Å². The molecule has 0 aliphatic carbocycles. The van der Waals surface area contributed by atoms with Crippen molar-refractivity contribution in [3.63, 3.8) is 0 Å². The third-order valence-corrected chi connectivity index (χ3v) is 8.27. The Morgan fingerprint density at radius 3 is 1.54 bits per heavy atom. The molecule has 2 heterocycles. The number of amides is 5. The Bertz CT molecular complexity index is 1170. The number of carbonyl (C=O) groups excluding carboxylic acids is 5. The standard InChI is InChI=1S/C32H57N5O17/c1-4-22(42)37-19(30(48)34-8-10-50-12-14-52-32-25(36-18(3)41)29(47)27(45)21(16-39)54-32)5-6-23(43)33-7-9-49-11-13-51-31-24(35-17(2)40)28(46)26(44)20(15-38)53-31/h19-21,24-29,31-32,38-39,44-47H,4-16H2,1-3H3,(H,33,43)(H,34,48)(H,35,40)(H,36,41)(H,37,42)/t19?,20?,21-,24?,25?,26?,27?,28?,29?,31?,32?/m1/s1. The molecular formula is C32H57N5O17. The first kappa shape index (κ1) is 47.0. The SMILES string of the molecule is CCC(=O)NC(CCC(=O)NCCOCCOC1OC(CO)C(O)C(O)C1NC(C)=O)C(=O)NCCOCCOC1O[C@H](CO)C(O)C(O)C1NC(C)=O. The summed E-state index contributed by atoms with van der Waals surface area (Å²) in [6, 6.07) is -3.18. The van der Waals surface area contributed by atoms with Gasteiger partial charge in [-0.25, -0.2) is 0 Å². The zero-order valence-electron chi connectivity index (χ0n) is 30.7. The fraction of sp³-hybridized carbons (Fsp3) is 0.844. The molecule has 5 amide bonds. The maximum Gasteiger partial charge on any atom is 0.242 e. The molecule has 10 unspecified atom stereocenters. The highest BCUT2D eigenvalue weighted by molar-refractivity contribution is 5.88. The Balaban J connectivity index is 1.67. The average Bonchev–Trinajstić information content (AvgIpc) is 3.13. The predicted molar refractivity (Wildman–Crippen MR) is 182 cm³/mol. The Labute approximate surface area is 312 Å². The van der Waals surface area contributed by atoms with E-state index in [0.29, 0.717) is 0 Å². The monoisotopic (exact) mass is 783 g/mol. The lowest BCUT2D eigenvalue weighted by molar-refractivity contribution is -0.272.